The van der Waals surface area contributed by atoms with Crippen LogP contribution in [0.4, 0.5) is 20.4 Å². The Morgan fingerprint density at radius 1 is 1.06 bits per heavy atom. The van der Waals surface area contributed by atoms with E-state index in [0.29, 0.717) is 17.3 Å². The van der Waals surface area contributed by atoms with Crippen LogP contribution in [0, 0.1) is 18.6 Å². The molecule has 0 saturated heterocycles. The van der Waals surface area contributed by atoms with Crippen molar-refractivity contribution in [1.29, 1.82) is 0 Å². The van der Waals surface area contributed by atoms with Crippen molar-refractivity contribution < 1.29 is 8.78 Å². The number of aryl methyl sites for hydroxylation is 2. The van der Waals surface area contributed by atoms with Gasteiger partial charge in [0.05, 0.1) is 17.7 Å². The van der Waals surface area contributed by atoms with Crippen molar-refractivity contribution in [2.24, 2.45) is 0 Å². The van der Waals surface area contributed by atoms with Crippen molar-refractivity contribution >= 4 is 11.6 Å². The van der Waals surface area contributed by atoms with Crippen LogP contribution in [-0.2, 0) is 6.54 Å². The van der Waals surface area contributed by atoms with Gasteiger partial charge in [-0.15, -0.1) is 5.10 Å². The molecule has 3 heterocycles. The van der Waals surface area contributed by atoms with E-state index < -0.39 is 0 Å². The minimum absolute atomic E-state index is 0.0507. The summed E-state index contributed by atoms with van der Waals surface area (Å²) in [5, 5.41) is 7.72. The maximum absolute atomic E-state index is 14.7. The number of fused-ring (bicyclic) bond motifs is 1. The largest absolute Gasteiger partial charge is 0.323 e. The number of nitrogens with one attached hydrogen (secondary N) is 1. The van der Waals surface area contributed by atoms with Crippen molar-refractivity contribution in [2.45, 2.75) is 38.6 Å². The Hall–Kier alpha value is -3.55. The second kappa shape index (κ2) is 7.94. The topological polar surface area (TPSA) is 60.6 Å². The van der Waals surface area contributed by atoms with Gasteiger partial charge in [-0.25, -0.2) is 18.4 Å². The molecule has 0 aliphatic carbocycles. The van der Waals surface area contributed by atoms with Gasteiger partial charge >= 0.3 is 0 Å². The van der Waals surface area contributed by atoms with Crippen molar-refractivity contribution in [3.05, 3.63) is 83.7 Å². The molecule has 1 N–H and O–H groups in total. The number of hydrogen-bond acceptors (Lipinski definition) is 4. The Bertz CT molecular complexity index is 1210. The monoisotopic (exact) mass is 420 g/mol. The summed E-state index contributed by atoms with van der Waals surface area (Å²) in [6, 6.07) is 11.5. The summed E-state index contributed by atoms with van der Waals surface area (Å²) in [6.07, 6.45) is 6.34. The molecule has 158 valence electrons. The van der Waals surface area contributed by atoms with Gasteiger partial charge in [0.25, 0.3) is 0 Å². The molecule has 1 aliphatic rings. The van der Waals surface area contributed by atoms with Gasteiger partial charge in [0, 0.05) is 24.3 Å². The zero-order valence-corrected chi connectivity index (χ0v) is 17.1. The highest BCUT2D eigenvalue weighted by atomic mass is 19.1. The van der Waals surface area contributed by atoms with Gasteiger partial charge in [-0.05, 0) is 55.7 Å². The van der Waals surface area contributed by atoms with Crippen LogP contribution >= 0.6 is 0 Å². The Labute approximate surface area is 178 Å². The van der Waals surface area contributed by atoms with Crippen molar-refractivity contribution in [3.8, 4) is 5.69 Å². The van der Waals surface area contributed by atoms with E-state index in [2.05, 4.69) is 15.4 Å². The normalized spacial score (nSPS) is 16.0. The predicted molar refractivity (Wildman–Crippen MR) is 114 cm³/mol. The van der Waals surface area contributed by atoms with Crippen molar-refractivity contribution in [2.75, 3.05) is 5.32 Å². The maximum atomic E-state index is 14.7. The summed E-state index contributed by atoms with van der Waals surface area (Å²) in [4.78, 5) is 8.85. The minimum atomic E-state index is -0.368. The lowest BCUT2D eigenvalue weighted by Crippen LogP contribution is -2.08. The number of nitrogens with zero attached hydrogens (tertiary/aromatic N) is 5. The molecule has 1 aliphatic heterocycles. The average molecular weight is 420 g/mol. The lowest BCUT2D eigenvalue weighted by atomic mass is 9.93. The highest BCUT2D eigenvalue weighted by Gasteiger charge is 2.24. The van der Waals surface area contributed by atoms with Gasteiger partial charge in [0.1, 0.15) is 17.5 Å². The molecule has 4 aromatic rings. The summed E-state index contributed by atoms with van der Waals surface area (Å²) in [5.74, 6) is 0.701. The molecule has 5 rings (SSSR count). The Balaban J connectivity index is 1.41. The molecule has 8 heteroatoms. The van der Waals surface area contributed by atoms with E-state index in [1.165, 1.54) is 18.2 Å². The Kier molecular flexibility index (Phi) is 4.97. The van der Waals surface area contributed by atoms with E-state index in [9.17, 15) is 8.78 Å². The summed E-state index contributed by atoms with van der Waals surface area (Å²) >= 11 is 0. The minimum Gasteiger partial charge on any atom is -0.323 e. The molecule has 0 bridgehead atoms. The molecule has 0 spiro atoms. The van der Waals surface area contributed by atoms with Crippen molar-refractivity contribution in [1.82, 2.24) is 24.3 Å². The van der Waals surface area contributed by atoms with Crippen LogP contribution in [-0.4, -0.2) is 24.3 Å². The third-order valence-electron chi connectivity index (χ3n) is 5.59. The van der Waals surface area contributed by atoms with E-state index in [0.717, 1.165) is 42.9 Å². The first-order chi connectivity index (χ1) is 15.1. The summed E-state index contributed by atoms with van der Waals surface area (Å²) in [5.41, 5.74) is 2.84. The molecular weight excluding hydrogens is 398 g/mol. The molecule has 2 aromatic carbocycles. The molecule has 0 saturated carbocycles. The fraction of sp³-hybridized carbons (Fsp3) is 0.261. The quantitative estimate of drug-likeness (QED) is 0.498. The van der Waals surface area contributed by atoms with Gasteiger partial charge in [-0.1, -0.05) is 18.6 Å². The lowest BCUT2D eigenvalue weighted by molar-refractivity contribution is 0.576. The third-order valence-corrected chi connectivity index (χ3v) is 5.59. The van der Waals surface area contributed by atoms with Crippen LogP contribution in [0.5, 0.6) is 0 Å². The SMILES string of the molecule is Cc1cn(-c2ccc(Nc3nc4n(n3)CCCCC4c3ccc(F)cc3)cc2F)cn1. The molecule has 1 unspecified atom stereocenters. The van der Waals surface area contributed by atoms with Crippen LogP contribution < -0.4 is 5.32 Å². The second-order valence-corrected chi connectivity index (χ2v) is 7.83. The molecule has 1 atom stereocenters. The van der Waals surface area contributed by atoms with Crippen LogP contribution in [0.2, 0.25) is 0 Å². The zero-order valence-electron chi connectivity index (χ0n) is 17.1. The molecule has 2 aromatic heterocycles. The first-order valence-corrected chi connectivity index (χ1v) is 10.3. The Morgan fingerprint density at radius 3 is 2.65 bits per heavy atom. The van der Waals surface area contributed by atoms with Gasteiger partial charge < -0.3 is 9.88 Å². The fourth-order valence-corrected chi connectivity index (χ4v) is 4.06. The molecular formula is C23H22F2N6. The summed E-state index contributed by atoms with van der Waals surface area (Å²) in [7, 11) is 0. The number of benzene rings is 2. The summed E-state index contributed by atoms with van der Waals surface area (Å²) < 4.78 is 31.6. The van der Waals surface area contributed by atoms with E-state index in [1.807, 2.05) is 23.7 Å². The average Bonchev–Trinajstić information content (AvgIpc) is 3.30. The highest BCUT2D eigenvalue weighted by Crippen LogP contribution is 2.32. The van der Waals surface area contributed by atoms with Crippen LogP contribution in [0.25, 0.3) is 5.69 Å². The van der Waals surface area contributed by atoms with E-state index in [1.54, 1.807) is 29.2 Å². The van der Waals surface area contributed by atoms with E-state index in [-0.39, 0.29) is 17.6 Å². The van der Waals surface area contributed by atoms with Crippen LogP contribution in [0.3, 0.4) is 0 Å². The summed E-state index contributed by atoms with van der Waals surface area (Å²) in [6.45, 7) is 2.63. The second-order valence-electron chi connectivity index (χ2n) is 7.83. The van der Waals surface area contributed by atoms with Gasteiger partial charge in [0.2, 0.25) is 5.95 Å². The number of anilines is 2. The first kappa shape index (κ1) is 19.4. The number of hydrogen-bond donors (Lipinski definition) is 1. The molecule has 0 radical (unpaired) electrons. The number of imidazole rings is 1. The number of rotatable bonds is 4. The zero-order chi connectivity index (χ0) is 21.4. The van der Waals surface area contributed by atoms with Gasteiger partial charge in [-0.2, -0.15) is 4.98 Å². The standard InChI is InChI=1S/C23H22F2N6/c1-15-13-30(14-26-15)21-10-9-18(12-20(21)25)27-23-28-22-19(4-2-3-11-31(22)29-23)16-5-7-17(24)8-6-16/h5-10,12-14,19H,2-4,11H2,1H3,(H,27,29). The number of aromatic nitrogens is 5. The smallest absolute Gasteiger partial charge is 0.246 e. The lowest BCUT2D eigenvalue weighted by Gasteiger charge is -2.14. The van der Waals surface area contributed by atoms with Gasteiger partial charge in [-0.3, -0.25) is 0 Å². The number of halogens is 2. The van der Waals surface area contributed by atoms with Gasteiger partial charge in [0.15, 0.2) is 0 Å². The van der Waals surface area contributed by atoms with Crippen LogP contribution in [0.15, 0.2) is 55.0 Å². The predicted octanol–water partition coefficient (Wildman–Crippen LogP) is 5.11. The van der Waals surface area contributed by atoms with Crippen molar-refractivity contribution in [3.63, 3.8) is 0 Å². The van der Waals surface area contributed by atoms with E-state index >= 15 is 0 Å². The molecule has 0 fully saturated rings. The highest BCUT2D eigenvalue weighted by molar-refractivity contribution is 5.56. The maximum Gasteiger partial charge on any atom is 0.246 e. The third kappa shape index (κ3) is 3.93. The molecule has 0 amide bonds. The molecule has 6 nitrogen and oxygen atoms in total. The first-order valence-electron chi connectivity index (χ1n) is 10.3. The fourth-order valence-electron chi connectivity index (χ4n) is 4.06. The van der Waals surface area contributed by atoms with E-state index in [4.69, 9.17) is 4.98 Å². The van der Waals surface area contributed by atoms with Crippen LogP contribution in [0.1, 0.15) is 42.3 Å². The Morgan fingerprint density at radius 2 is 1.90 bits per heavy atom. The molecule has 31 heavy (non-hydrogen) atoms.